The molecule has 1 fully saturated rings. The molecule has 18 heavy (non-hydrogen) atoms. The van der Waals surface area contributed by atoms with Crippen LogP contribution in [0.5, 0.6) is 5.75 Å². The smallest absolute Gasteiger partial charge is 0.178 e. The number of methoxy groups -OCH3 is 1. The minimum atomic E-state index is -3.26. The molecular weight excluding hydrogens is 250 g/mol. The predicted molar refractivity (Wildman–Crippen MR) is 70.4 cm³/mol. The SMILES string of the molecule is COc1ccc(S(=O)(=O)CC(C)C2(N)CC2)cc1. The number of benzene rings is 1. The van der Waals surface area contributed by atoms with Crippen molar-refractivity contribution in [3.63, 3.8) is 0 Å². The Morgan fingerprint density at radius 1 is 1.33 bits per heavy atom. The lowest BCUT2D eigenvalue weighted by atomic mass is 10.0. The molecular formula is C13H19NO3S. The molecule has 1 saturated carbocycles. The molecule has 1 aromatic carbocycles. The molecule has 4 nitrogen and oxygen atoms in total. The van der Waals surface area contributed by atoms with Crippen molar-refractivity contribution in [1.82, 2.24) is 0 Å². The molecule has 0 spiro atoms. The lowest BCUT2D eigenvalue weighted by molar-refractivity contribution is 0.414. The summed E-state index contributed by atoms with van der Waals surface area (Å²) in [4.78, 5) is 0.333. The molecule has 0 amide bonds. The molecule has 1 aliphatic rings. The summed E-state index contributed by atoms with van der Waals surface area (Å²) >= 11 is 0. The van der Waals surface area contributed by atoms with Crippen LogP contribution >= 0.6 is 0 Å². The van der Waals surface area contributed by atoms with Gasteiger partial charge in [0.1, 0.15) is 5.75 Å². The minimum Gasteiger partial charge on any atom is -0.497 e. The Bertz CT molecular complexity index is 518. The van der Waals surface area contributed by atoms with E-state index in [1.807, 2.05) is 6.92 Å². The largest absolute Gasteiger partial charge is 0.497 e. The summed E-state index contributed by atoms with van der Waals surface area (Å²) in [6, 6.07) is 6.48. The molecule has 100 valence electrons. The third kappa shape index (κ3) is 2.67. The highest BCUT2D eigenvalue weighted by Gasteiger charge is 2.44. The number of nitrogens with two attached hydrogens (primary N) is 1. The number of hydrogen-bond acceptors (Lipinski definition) is 4. The monoisotopic (exact) mass is 269 g/mol. The van der Waals surface area contributed by atoms with Crippen LogP contribution in [0.25, 0.3) is 0 Å². The Labute approximate surface area is 108 Å². The van der Waals surface area contributed by atoms with Crippen molar-refractivity contribution in [2.45, 2.75) is 30.2 Å². The Hall–Kier alpha value is -1.07. The van der Waals surface area contributed by atoms with Gasteiger partial charge in [-0.3, -0.25) is 0 Å². The second kappa shape index (κ2) is 4.55. The summed E-state index contributed by atoms with van der Waals surface area (Å²) in [6.45, 7) is 1.91. The van der Waals surface area contributed by atoms with E-state index >= 15 is 0 Å². The van der Waals surface area contributed by atoms with E-state index in [0.717, 1.165) is 12.8 Å². The fraction of sp³-hybridized carbons (Fsp3) is 0.538. The topological polar surface area (TPSA) is 69.4 Å². The highest BCUT2D eigenvalue weighted by molar-refractivity contribution is 7.91. The normalized spacial score (nSPS) is 19.3. The van der Waals surface area contributed by atoms with Crippen LogP contribution < -0.4 is 10.5 Å². The van der Waals surface area contributed by atoms with Gasteiger partial charge in [0.05, 0.1) is 17.8 Å². The molecule has 2 rings (SSSR count). The van der Waals surface area contributed by atoms with Crippen molar-refractivity contribution < 1.29 is 13.2 Å². The molecule has 1 unspecified atom stereocenters. The van der Waals surface area contributed by atoms with Crippen molar-refractivity contribution >= 4 is 9.84 Å². The lowest BCUT2D eigenvalue weighted by Crippen LogP contribution is -2.35. The van der Waals surface area contributed by atoms with E-state index in [9.17, 15) is 8.42 Å². The summed E-state index contributed by atoms with van der Waals surface area (Å²) < 4.78 is 29.5. The third-order valence-corrected chi connectivity index (χ3v) is 5.63. The van der Waals surface area contributed by atoms with Gasteiger partial charge in [0.2, 0.25) is 0 Å². The highest BCUT2D eigenvalue weighted by atomic mass is 32.2. The maximum atomic E-state index is 12.2. The summed E-state index contributed by atoms with van der Waals surface area (Å²) in [5.41, 5.74) is 5.77. The van der Waals surface area contributed by atoms with Crippen molar-refractivity contribution in [2.24, 2.45) is 11.7 Å². The third-order valence-electron chi connectivity index (χ3n) is 3.70. The molecule has 0 aromatic heterocycles. The van der Waals surface area contributed by atoms with Gasteiger partial charge in [-0.15, -0.1) is 0 Å². The fourth-order valence-electron chi connectivity index (χ4n) is 2.01. The molecule has 1 aromatic rings. The van der Waals surface area contributed by atoms with E-state index < -0.39 is 9.84 Å². The highest BCUT2D eigenvalue weighted by Crippen LogP contribution is 2.40. The van der Waals surface area contributed by atoms with Crippen molar-refractivity contribution in [3.8, 4) is 5.75 Å². The fourth-order valence-corrected chi connectivity index (χ4v) is 3.74. The molecule has 5 heteroatoms. The zero-order valence-electron chi connectivity index (χ0n) is 10.7. The Kier molecular flexibility index (Phi) is 3.38. The summed E-state index contributed by atoms with van der Waals surface area (Å²) in [7, 11) is -1.71. The average Bonchev–Trinajstić information content (AvgIpc) is 3.08. The van der Waals surface area contributed by atoms with E-state index in [1.54, 1.807) is 31.4 Å². The van der Waals surface area contributed by atoms with E-state index in [0.29, 0.717) is 10.6 Å². The zero-order chi connectivity index (χ0) is 13.4. The van der Waals surface area contributed by atoms with E-state index in [-0.39, 0.29) is 17.2 Å². The Morgan fingerprint density at radius 2 is 1.89 bits per heavy atom. The van der Waals surface area contributed by atoms with Crippen LogP contribution in [0.3, 0.4) is 0 Å². The van der Waals surface area contributed by atoms with E-state index in [2.05, 4.69) is 0 Å². The van der Waals surface area contributed by atoms with Gasteiger partial charge in [-0.05, 0) is 43.0 Å². The molecule has 0 radical (unpaired) electrons. The molecule has 1 aliphatic carbocycles. The Morgan fingerprint density at radius 3 is 2.33 bits per heavy atom. The van der Waals surface area contributed by atoms with Crippen molar-refractivity contribution in [1.29, 1.82) is 0 Å². The number of hydrogen-bond donors (Lipinski definition) is 1. The zero-order valence-corrected chi connectivity index (χ0v) is 11.5. The van der Waals surface area contributed by atoms with Crippen LogP contribution in [0.4, 0.5) is 0 Å². The maximum absolute atomic E-state index is 12.2. The van der Waals surface area contributed by atoms with Crippen molar-refractivity contribution in [2.75, 3.05) is 12.9 Å². The van der Waals surface area contributed by atoms with Crippen LogP contribution in [-0.4, -0.2) is 26.8 Å². The summed E-state index contributed by atoms with van der Waals surface area (Å²) in [5.74, 6) is 0.750. The average molecular weight is 269 g/mol. The van der Waals surface area contributed by atoms with Crippen molar-refractivity contribution in [3.05, 3.63) is 24.3 Å². The van der Waals surface area contributed by atoms with E-state index in [4.69, 9.17) is 10.5 Å². The molecule has 0 heterocycles. The minimum absolute atomic E-state index is 0.00963. The first-order valence-corrected chi connectivity index (χ1v) is 7.68. The molecule has 0 bridgehead atoms. The molecule has 0 aliphatic heterocycles. The van der Waals surface area contributed by atoms with Gasteiger partial charge in [-0.25, -0.2) is 8.42 Å². The van der Waals surface area contributed by atoms with Gasteiger partial charge in [-0.1, -0.05) is 6.92 Å². The van der Waals surface area contributed by atoms with Crippen LogP contribution in [-0.2, 0) is 9.84 Å². The van der Waals surface area contributed by atoms with Crippen LogP contribution in [0.15, 0.2) is 29.2 Å². The van der Waals surface area contributed by atoms with E-state index in [1.165, 1.54) is 0 Å². The second-order valence-corrected chi connectivity index (χ2v) is 7.13. The first-order chi connectivity index (χ1) is 8.37. The number of rotatable bonds is 5. The van der Waals surface area contributed by atoms with Crippen LogP contribution in [0.1, 0.15) is 19.8 Å². The maximum Gasteiger partial charge on any atom is 0.178 e. The number of ether oxygens (including phenoxy) is 1. The van der Waals surface area contributed by atoms with Gasteiger partial charge in [0, 0.05) is 5.54 Å². The molecule has 2 N–H and O–H groups in total. The standard InChI is InChI=1S/C13H19NO3S/c1-10(13(14)7-8-13)9-18(15,16)12-5-3-11(17-2)4-6-12/h3-6,10H,7-9,14H2,1-2H3. The van der Waals surface area contributed by atoms with Gasteiger partial charge in [0.25, 0.3) is 0 Å². The summed E-state index contributed by atoms with van der Waals surface area (Å²) in [6.07, 6.45) is 1.85. The first kappa shape index (κ1) is 13.4. The second-order valence-electron chi connectivity index (χ2n) is 5.09. The predicted octanol–water partition coefficient (Wildman–Crippen LogP) is 1.60. The van der Waals surface area contributed by atoms with Crippen LogP contribution in [0, 0.1) is 5.92 Å². The van der Waals surface area contributed by atoms with Gasteiger partial charge in [0.15, 0.2) is 9.84 Å². The number of sulfone groups is 1. The van der Waals surface area contributed by atoms with Gasteiger partial charge in [-0.2, -0.15) is 0 Å². The Balaban J connectivity index is 2.14. The van der Waals surface area contributed by atoms with Gasteiger partial charge < -0.3 is 10.5 Å². The van der Waals surface area contributed by atoms with Gasteiger partial charge >= 0.3 is 0 Å². The molecule has 0 saturated heterocycles. The van der Waals surface area contributed by atoms with Crippen LogP contribution in [0.2, 0.25) is 0 Å². The summed E-state index contributed by atoms with van der Waals surface area (Å²) in [5, 5.41) is 0. The first-order valence-electron chi connectivity index (χ1n) is 6.03. The quantitative estimate of drug-likeness (QED) is 0.881. The molecule has 1 atom stereocenters. The lowest BCUT2D eigenvalue weighted by Gasteiger charge is -2.18.